The number of halogens is 1. The van der Waals surface area contributed by atoms with Crippen molar-refractivity contribution < 1.29 is 0 Å². The Kier molecular flexibility index (Phi) is 4.23. The van der Waals surface area contributed by atoms with Crippen LogP contribution in [0.1, 0.15) is 37.1 Å². The van der Waals surface area contributed by atoms with Crippen LogP contribution in [0.25, 0.3) is 22.2 Å². The molecular formula is C21H20ClN7S. The highest BCUT2D eigenvalue weighted by Gasteiger charge is 2.54. The van der Waals surface area contributed by atoms with Gasteiger partial charge in [-0.05, 0) is 48.9 Å². The van der Waals surface area contributed by atoms with Crippen molar-refractivity contribution >= 4 is 45.6 Å². The normalized spacial score (nSPS) is 25.2. The second kappa shape index (κ2) is 6.87. The van der Waals surface area contributed by atoms with Gasteiger partial charge < -0.3 is 10.7 Å². The number of nitrogens with zero attached hydrogens (tertiary/aromatic N) is 5. The zero-order valence-electron chi connectivity index (χ0n) is 16.3. The van der Waals surface area contributed by atoms with Crippen molar-refractivity contribution in [3.05, 3.63) is 41.1 Å². The molecule has 0 radical (unpaired) electrons. The van der Waals surface area contributed by atoms with Crippen molar-refractivity contribution in [1.29, 1.82) is 0 Å². The lowest BCUT2D eigenvalue weighted by Gasteiger charge is -2.15. The fourth-order valence-corrected chi connectivity index (χ4v) is 5.95. The highest BCUT2D eigenvalue weighted by molar-refractivity contribution is 7.99. The van der Waals surface area contributed by atoms with Crippen LogP contribution in [0, 0.1) is 11.8 Å². The van der Waals surface area contributed by atoms with Crippen LogP contribution in [0.15, 0.2) is 34.7 Å². The molecule has 2 saturated carbocycles. The number of aryl methyl sites for hydroxylation is 1. The average Bonchev–Trinajstić information content (AvgIpc) is 3.10. The van der Waals surface area contributed by atoms with Crippen molar-refractivity contribution in [2.24, 2.45) is 17.6 Å². The van der Waals surface area contributed by atoms with Crippen LogP contribution in [-0.4, -0.2) is 35.9 Å². The van der Waals surface area contributed by atoms with Crippen LogP contribution in [0.5, 0.6) is 0 Å². The summed E-state index contributed by atoms with van der Waals surface area (Å²) in [5, 5.41) is 2.42. The summed E-state index contributed by atoms with van der Waals surface area (Å²) in [5.74, 6) is 1.63. The first-order valence-corrected chi connectivity index (χ1v) is 11.4. The summed E-state index contributed by atoms with van der Waals surface area (Å²) >= 11 is 8.21. The van der Waals surface area contributed by atoms with Crippen LogP contribution < -0.4 is 5.73 Å². The van der Waals surface area contributed by atoms with E-state index in [2.05, 4.69) is 26.9 Å². The zero-order valence-corrected chi connectivity index (χ0v) is 17.9. The largest absolute Gasteiger partial charge is 0.342 e. The molecule has 0 bridgehead atoms. The molecule has 4 aromatic rings. The van der Waals surface area contributed by atoms with Crippen molar-refractivity contribution in [2.75, 3.05) is 0 Å². The van der Waals surface area contributed by atoms with E-state index in [1.54, 1.807) is 18.6 Å². The van der Waals surface area contributed by atoms with E-state index < -0.39 is 0 Å². The predicted molar refractivity (Wildman–Crippen MR) is 117 cm³/mol. The number of rotatable bonds is 4. The van der Waals surface area contributed by atoms with Crippen molar-refractivity contribution in [2.45, 2.75) is 48.2 Å². The molecule has 0 saturated heterocycles. The first-order valence-electron chi connectivity index (χ1n) is 10.2. The summed E-state index contributed by atoms with van der Waals surface area (Å²) in [5.41, 5.74) is 10.4. The van der Waals surface area contributed by atoms with E-state index in [-0.39, 0.29) is 0 Å². The van der Waals surface area contributed by atoms with E-state index in [1.165, 1.54) is 11.8 Å². The van der Waals surface area contributed by atoms with Crippen LogP contribution in [0.3, 0.4) is 0 Å². The molecule has 4 heterocycles. The van der Waals surface area contributed by atoms with Gasteiger partial charge in [-0.3, -0.25) is 4.98 Å². The maximum atomic E-state index is 6.73. The second-order valence-corrected chi connectivity index (χ2v) is 9.55. The van der Waals surface area contributed by atoms with E-state index in [0.717, 1.165) is 57.1 Å². The Hall–Kier alpha value is -2.29. The maximum absolute atomic E-state index is 6.73. The quantitative estimate of drug-likeness (QED) is 0.462. The molecule has 2 aliphatic carbocycles. The number of aromatic amines is 1. The lowest BCUT2D eigenvalue weighted by Crippen LogP contribution is -2.12. The number of fused-ring (bicyclic) bond motifs is 3. The first kappa shape index (κ1) is 18.5. The molecule has 2 fully saturated rings. The number of hydrogen-bond donors (Lipinski definition) is 2. The van der Waals surface area contributed by atoms with Crippen LogP contribution in [0.2, 0.25) is 5.02 Å². The Labute approximate surface area is 182 Å². The highest BCUT2D eigenvalue weighted by Crippen LogP contribution is 2.57. The minimum absolute atomic E-state index is 0.366. The molecule has 0 spiro atoms. The topological polar surface area (TPSA) is 106 Å². The Morgan fingerprint density at radius 3 is 2.77 bits per heavy atom. The van der Waals surface area contributed by atoms with E-state index >= 15 is 0 Å². The number of H-pyrrole nitrogens is 1. The minimum atomic E-state index is 0.366. The molecule has 9 heteroatoms. The van der Waals surface area contributed by atoms with Gasteiger partial charge in [-0.2, -0.15) is 0 Å². The molecule has 7 nitrogen and oxygen atoms in total. The third kappa shape index (κ3) is 2.89. The molecule has 152 valence electrons. The predicted octanol–water partition coefficient (Wildman–Crippen LogP) is 4.11. The van der Waals surface area contributed by atoms with Gasteiger partial charge in [0.2, 0.25) is 0 Å². The fraction of sp³-hybridized carbons (Fsp3) is 0.381. The van der Waals surface area contributed by atoms with Gasteiger partial charge in [0.25, 0.3) is 0 Å². The molecule has 2 aliphatic rings. The molecule has 6 rings (SSSR count). The van der Waals surface area contributed by atoms with Gasteiger partial charge in [-0.15, -0.1) is 0 Å². The van der Waals surface area contributed by atoms with Crippen molar-refractivity contribution in [3.8, 4) is 0 Å². The maximum Gasteiger partial charge on any atom is 0.194 e. The van der Waals surface area contributed by atoms with Gasteiger partial charge >= 0.3 is 0 Å². The molecule has 0 aromatic carbocycles. The third-order valence-electron chi connectivity index (χ3n) is 6.43. The number of aromatic nitrogens is 6. The third-order valence-corrected chi connectivity index (χ3v) is 7.67. The molecule has 2 atom stereocenters. The summed E-state index contributed by atoms with van der Waals surface area (Å²) in [6.45, 7) is 2.09. The summed E-state index contributed by atoms with van der Waals surface area (Å²) < 4.78 is 0. The summed E-state index contributed by atoms with van der Waals surface area (Å²) in [7, 11) is 0. The SMILES string of the molecule is CCc1[nH]c2nc(Sc3cnc4nccnc4c3)nc(C3CC4C(N)C4C3)c2c1Cl. The molecule has 0 aliphatic heterocycles. The van der Waals surface area contributed by atoms with E-state index in [9.17, 15) is 0 Å². The van der Waals surface area contributed by atoms with Gasteiger partial charge in [-0.1, -0.05) is 18.5 Å². The summed E-state index contributed by atoms with van der Waals surface area (Å²) in [6.07, 6.45) is 8.09. The Morgan fingerprint density at radius 1 is 1.17 bits per heavy atom. The average molecular weight is 438 g/mol. The Morgan fingerprint density at radius 2 is 1.97 bits per heavy atom. The van der Waals surface area contributed by atoms with E-state index in [1.807, 2.05) is 6.07 Å². The standard InChI is InChI=1S/C21H20ClN7S/c1-2-13-16(22)15-18(9-5-11-12(6-9)17(11)23)28-21(29-20(15)27-13)30-10-7-14-19(26-8-10)25-4-3-24-14/h3-4,7-9,11-12,17H,2,5-6,23H2,1H3,(H,27,28,29). The number of nitrogens with two attached hydrogens (primary N) is 1. The molecular weight excluding hydrogens is 418 g/mol. The van der Waals surface area contributed by atoms with Gasteiger partial charge in [0.1, 0.15) is 11.2 Å². The van der Waals surface area contributed by atoms with Crippen molar-refractivity contribution in [3.63, 3.8) is 0 Å². The van der Waals surface area contributed by atoms with E-state index in [0.29, 0.717) is 34.6 Å². The molecule has 3 N–H and O–H groups in total. The number of hydrogen-bond acceptors (Lipinski definition) is 7. The molecule has 4 aromatic heterocycles. The second-order valence-electron chi connectivity index (χ2n) is 8.13. The fourth-order valence-electron chi connectivity index (χ4n) is 4.81. The van der Waals surface area contributed by atoms with Crippen LogP contribution >= 0.6 is 23.4 Å². The first-order chi connectivity index (χ1) is 14.6. The van der Waals surface area contributed by atoms with Gasteiger partial charge in [0.05, 0.1) is 16.1 Å². The summed E-state index contributed by atoms with van der Waals surface area (Å²) in [4.78, 5) is 27.1. The van der Waals surface area contributed by atoms with Gasteiger partial charge in [0.15, 0.2) is 10.8 Å². The Balaban J connectivity index is 1.42. The van der Waals surface area contributed by atoms with Crippen LogP contribution in [-0.2, 0) is 6.42 Å². The highest BCUT2D eigenvalue weighted by atomic mass is 35.5. The number of nitrogens with one attached hydrogen (secondary N) is 1. The zero-order chi connectivity index (χ0) is 20.4. The van der Waals surface area contributed by atoms with Gasteiger partial charge in [-0.25, -0.2) is 19.9 Å². The number of pyridine rings is 1. The monoisotopic (exact) mass is 437 g/mol. The molecule has 30 heavy (non-hydrogen) atoms. The minimum Gasteiger partial charge on any atom is -0.342 e. The van der Waals surface area contributed by atoms with E-state index in [4.69, 9.17) is 27.3 Å². The Bertz CT molecular complexity index is 1280. The molecule has 0 amide bonds. The van der Waals surface area contributed by atoms with Crippen LogP contribution in [0.4, 0.5) is 0 Å². The smallest absolute Gasteiger partial charge is 0.194 e. The molecule has 2 unspecified atom stereocenters. The van der Waals surface area contributed by atoms with Gasteiger partial charge in [0, 0.05) is 41.1 Å². The lowest BCUT2D eigenvalue weighted by molar-refractivity contribution is 0.575. The van der Waals surface area contributed by atoms with Crippen molar-refractivity contribution in [1.82, 2.24) is 29.9 Å². The summed E-state index contributed by atoms with van der Waals surface area (Å²) in [6, 6.07) is 2.33. The lowest BCUT2D eigenvalue weighted by atomic mass is 9.96.